The molecule has 1 heterocycles. The van der Waals surface area contributed by atoms with Gasteiger partial charge in [0.05, 0.1) is 11.1 Å². The number of hydrogen-bond acceptors (Lipinski definition) is 6. The van der Waals surface area contributed by atoms with Crippen molar-refractivity contribution >= 4 is 44.7 Å². The number of imide groups is 1. The zero-order valence-electron chi connectivity index (χ0n) is 13.5. The number of carbonyl (C=O) groups excluding carboxylic acids is 3. The molecule has 1 unspecified atom stereocenters. The summed E-state index contributed by atoms with van der Waals surface area (Å²) in [6.07, 6.45) is 1.31. The highest BCUT2D eigenvalue weighted by atomic mass is 32.2. The molecule has 1 atom stereocenters. The van der Waals surface area contributed by atoms with Gasteiger partial charge in [0.1, 0.15) is 6.04 Å². The molecule has 0 saturated heterocycles. The molecule has 26 heavy (non-hydrogen) atoms. The summed E-state index contributed by atoms with van der Waals surface area (Å²) in [5.41, 5.74) is 0.259. The number of nitrogens with zero attached hydrogens (tertiary/aromatic N) is 2. The van der Waals surface area contributed by atoms with Gasteiger partial charge in [0, 0.05) is 0 Å². The fraction of sp³-hybridized carbons (Fsp3) is 0.286. The lowest BCUT2D eigenvalue weighted by molar-refractivity contribution is -0.121. The van der Waals surface area contributed by atoms with E-state index >= 15 is 0 Å². The van der Waals surface area contributed by atoms with Gasteiger partial charge in [-0.3, -0.25) is 24.0 Å². The van der Waals surface area contributed by atoms with Gasteiger partial charge in [-0.2, -0.15) is 13.8 Å². The largest absolute Gasteiger partial charge is 0.355 e. The molecule has 0 saturated carbocycles. The Labute approximate surface area is 151 Å². The van der Waals surface area contributed by atoms with Crippen molar-refractivity contribution in [1.82, 2.24) is 9.62 Å². The highest BCUT2D eigenvalue weighted by Gasteiger charge is 2.40. The number of thioether (sulfide) groups is 1. The van der Waals surface area contributed by atoms with E-state index in [9.17, 15) is 31.6 Å². The number of sulfonamides is 1. The fourth-order valence-electron chi connectivity index (χ4n) is 2.14. The first-order chi connectivity index (χ1) is 12.1. The number of benzene rings is 1. The maximum Gasteiger partial charge on any atom is 0.355 e. The Kier molecular flexibility index (Phi) is 5.76. The number of aliphatic imine (C=N–C) groups is 1. The van der Waals surface area contributed by atoms with Crippen LogP contribution in [0.2, 0.25) is 0 Å². The van der Waals surface area contributed by atoms with Gasteiger partial charge in [0.2, 0.25) is 0 Å². The number of amidine groups is 1. The maximum atomic E-state index is 12.4. The Bertz CT molecular complexity index is 867. The molecular formula is C14H13F2N3O5S2. The second kappa shape index (κ2) is 7.50. The third-order valence-electron chi connectivity index (χ3n) is 3.44. The van der Waals surface area contributed by atoms with Crippen molar-refractivity contribution < 1.29 is 31.6 Å². The van der Waals surface area contributed by atoms with Crippen LogP contribution in [0.3, 0.4) is 0 Å². The van der Waals surface area contributed by atoms with Crippen molar-refractivity contribution in [3.63, 3.8) is 0 Å². The lowest BCUT2D eigenvalue weighted by Gasteiger charge is -2.19. The quantitative estimate of drug-likeness (QED) is 0.455. The normalized spacial score (nSPS) is 16.0. The second-order valence-electron chi connectivity index (χ2n) is 5.07. The highest BCUT2D eigenvalue weighted by molar-refractivity contribution is 8.14. The van der Waals surface area contributed by atoms with E-state index in [1.807, 2.05) is 0 Å². The Morgan fingerprint density at radius 2 is 1.69 bits per heavy atom. The van der Waals surface area contributed by atoms with Crippen molar-refractivity contribution in [1.29, 1.82) is 0 Å². The molecule has 1 aromatic carbocycles. The summed E-state index contributed by atoms with van der Waals surface area (Å²) in [6, 6.07) is 4.63. The van der Waals surface area contributed by atoms with Crippen LogP contribution in [0.4, 0.5) is 8.78 Å². The topological polar surface area (TPSA) is 113 Å². The number of amides is 3. The van der Waals surface area contributed by atoms with Crippen LogP contribution < -0.4 is 4.72 Å². The van der Waals surface area contributed by atoms with Gasteiger partial charge < -0.3 is 0 Å². The van der Waals surface area contributed by atoms with Crippen molar-refractivity contribution in [2.24, 2.45) is 4.99 Å². The predicted octanol–water partition coefficient (Wildman–Crippen LogP) is 1.06. The Hall–Kier alpha value is -2.34. The molecule has 1 aliphatic heterocycles. The van der Waals surface area contributed by atoms with E-state index in [-0.39, 0.29) is 11.1 Å². The van der Waals surface area contributed by atoms with Crippen LogP contribution in [0.1, 0.15) is 27.6 Å². The number of hydrogen-bond donors (Lipinski definition) is 1. The molecule has 0 radical (unpaired) electrons. The molecule has 8 nitrogen and oxygen atoms in total. The van der Waals surface area contributed by atoms with E-state index in [2.05, 4.69) is 4.99 Å². The summed E-state index contributed by atoms with van der Waals surface area (Å²) in [5.74, 6) is -6.13. The Balaban J connectivity index is 2.24. The zero-order chi connectivity index (χ0) is 19.6. The summed E-state index contributed by atoms with van der Waals surface area (Å²) in [6.45, 7) is 1.23. The molecule has 0 spiro atoms. The molecule has 0 fully saturated rings. The Morgan fingerprint density at radius 1 is 1.19 bits per heavy atom. The van der Waals surface area contributed by atoms with Crippen LogP contribution in [0.5, 0.6) is 0 Å². The van der Waals surface area contributed by atoms with E-state index < -0.39 is 44.7 Å². The van der Waals surface area contributed by atoms with E-state index in [1.165, 1.54) is 30.0 Å². The third kappa shape index (κ3) is 3.75. The standard InChI is InChI=1S/C14H13F2N3O5S2/c1-7(10(20)17-14(25-2)18-26(23,24)13(15)16)19-11(21)8-5-3-4-6-9(8)12(19)22/h3-7,13H,1-2H3,(H,17,18,20). The smallest absolute Gasteiger partial charge is 0.270 e. The van der Waals surface area contributed by atoms with Crippen molar-refractivity contribution in [3.8, 4) is 0 Å². The molecule has 3 amide bonds. The van der Waals surface area contributed by atoms with Gasteiger partial charge >= 0.3 is 5.76 Å². The maximum absolute atomic E-state index is 12.4. The molecule has 0 bridgehead atoms. The van der Waals surface area contributed by atoms with Gasteiger partial charge in [0.25, 0.3) is 27.7 Å². The van der Waals surface area contributed by atoms with Gasteiger partial charge in [0.15, 0.2) is 5.17 Å². The van der Waals surface area contributed by atoms with Crippen LogP contribution in [0.25, 0.3) is 0 Å². The van der Waals surface area contributed by atoms with Crippen molar-refractivity contribution in [3.05, 3.63) is 35.4 Å². The molecule has 1 N–H and O–H groups in total. The highest BCUT2D eigenvalue weighted by Crippen LogP contribution is 2.24. The molecule has 140 valence electrons. The van der Waals surface area contributed by atoms with Gasteiger partial charge in [-0.15, -0.1) is 0 Å². The van der Waals surface area contributed by atoms with Crippen LogP contribution in [0, 0.1) is 0 Å². The predicted molar refractivity (Wildman–Crippen MR) is 90.4 cm³/mol. The number of nitrogens with one attached hydrogen (secondary N) is 1. The lowest BCUT2D eigenvalue weighted by atomic mass is 10.1. The summed E-state index contributed by atoms with van der Waals surface area (Å²) in [7, 11) is -5.00. The minimum absolute atomic E-state index is 0.129. The van der Waals surface area contributed by atoms with Crippen LogP contribution in [-0.4, -0.2) is 54.3 Å². The van der Waals surface area contributed by atoms with Gasteiger partial charge in [-0.05, 0) is 25.3 Å². The lowest BCUT2D eigenvalue weighted by Crippen LogP contribution is -2.43. The minimum Gasteiger partial charge on any atom is -0.270 e. The van der Waals surface area contributed by atoms with Crippen molar-refractivity contribution in [2.75, 3.05) is 6.26 Å². The average molecular weight is 405 g/mol. The van der Waals surface area contributed by atoms with Gasteiger partial charge in [-0.25, -0.2) is 8.42 Å². The van der Waals surface area contributed by atoms with E-state index in [4.69, 9.17) is 0 Å². The number of carbonyl (C=O) groups is 3. The molecule has 12 heteroatoms. The Morgan fingerprint density at radius 3 is 2.12 bits per heavy atom. The van der Waals surface area contributed by atoms with E-state index in [1.54, 1.807) is 12.1 Å². The second-order valence-corrected chi connectivity index (χ2v) is 7.51. The first kappa shape index (κ1) is 20.0. The fourth-order valence-corrected chi connectivity index (χ4v) is 3.38. The van der Waals surface area contributed by atoms with E-state index in [0.717, 1.165) is 0 Å². The van der Waals surface area contributed by atoms with Crippen molar-refractivity contribution in [2.45, 2.75) is 18.7 Å². The summed E-state index contributed by atoms with van der Waals surface area (Å²) < 4.78 is 48.6. The van der Waals surface area contributed by atoms with Crippen LogP contribution >= 0.6 is 11.8 Å². The third-order valence-corrected chi connectivity index (χ3v) is 5.10. The molecule has 0 aliphatic carbocycles. The summed E-state index contributed by atoms with van der Waals surface area (Å²) in [4.78, 5) is 41.0. The summed E-state index contributed by atoms with van der Waals surface area (Å²) >= 11 is 0.609. The van der Waals surface area contributed by atoms with Crippen LogP contribution in [0.15, 0.2) is 29.3 Å². The first-order valence-corrected chi connectivity index (χ1v) is 9.80. The molecule has 1 aromatic rings. The SMILES string of the molecule is CSC(=NC(=O)C(C)N1C(=O)c2ccccc2C1=O)NS(=O)(=O)C(F)F. The molecule has 2 rings (SSSR count). The van der Waals surface area contributed by atoms with E-state index in [0.29, 0.717) is 16.7 Å². The van der Waals surface area contributed by atoms with Crippen LogP contribution in [-0.2, 0) is 14.8 Å². The van der Waals surface area contributed by atoms with Gasteiger partial charge in [-0.1, -0.05) is 23.9 Å². The average Bonchev–Trinajstić information content (AvgIpc) is 2.84. The molecule has 1 aliphatic rings. The number of alkyl halides is 2. The minimum atomic E-state index is -5.00. The number of halogens is 2. The summed E-state index contributed by atoms with van der Waals surface area (Å²) in [5, 5.41) is -0.598. The monoisotopic (exact) mass is 405 g/mol. The molecular weight excluding hydrogens is 392 g/mol. The zero-order valence-corrected chi connectivity index (χ0v) is 15.1. The number of fused-ring (bicyclic) bond motifs is 1. The molecule has 0 aromatic heterocycles. The number of rotatable bonds is 4. The first-order valence-electron chi connectivity index (χ1n) is 7.03.